The first kappa shape index (κ1) is 18.1. The number of aliphatic imine (C=N–C) groups is 1. The number of nitrogens with two attached hydrogens (primary N) is 1. The Hall–Kier alpha value is -1.96. The van der Waals surface area contributed by atoms with E-state index in [1.54, 1.807) is 14.2 Å². The van der Waals surface area contributed by atoms with Crippen molar-refractivity contribution in [3.05, 3.63) is 54.1 Å². The molecule has 0 aromatic heterocycles. The van der Waals surface area contributed by atoms with E-state index < -0.39 is 0 Å². The number of nitrogens with zero attached hydrogens (tertiary/aromatic N) is 1. The van der Waals surface area contributed by atoms with E-state index in [4.69, 9.17) is 15.2 Å². The van der Waals surface area contributed by atoms with Crippen LogP contribution in [-0.2, 0) is 6.54 Å². The smallest absolute Gasteiger partial charge is 0.193 e. The average molecular weight is 413 g/mol. The van der Waals surface area contributed by atoms with Gasteiger partial charge in [-0.1, -0.05) is 18.2 Å². The highest BCUT2D eigenvalue weighted by Gasteiger charge is 2.01. The summed E-state index contributed by atoms with van der Waals surface area (Å²) < 4.78 is 10.4. The summed E-state index contributed by atoms with van der Waals surface area (Å²) in [7, 11) is 3.27. The molecular weight excluding hydrogens is 393 g/mol. The van der Waals surface area contributed by atoms with Crippen molar-refractivity contribution in [3.8, 4) is 11.5 Å². The standard InChI is InChI=1S/C16H19N3O2.HI/c1-20-14-9-7-13(8-10-14)19-16(17)18-11-12-5-3-4-6-15(12)21-2;/h3-10H,11H2,1-2H3,(H3,17,18,19);1H. The van der Waals surface area contributed by atoms with Crippen LogP contribution in [0.3, 0.4) is 0 Å². The molecule has 0 unspecified atom stereocenters. The third-order valence-corrected chi connectivity index (χ3v) is 2.97. The van der Waals surface area contributed by atoms with Gasteiger partial charge in [0.1, 0.15) is 11.5 Å². The van der Waals surface area contributed by atoms with Crippen molar-refractivity contribution in [2.24, 2.45) is 10.7 Å². The Labute approximate surface area is 147 Å². The lowest BCUT2D eigenvalue weighted by Crippen LogP contribution is -2.22. The minimum Gasteiger partial charge on any atom is -0.497 e. The Bertz CT molecular complexity index is 615. The first-order valence-electron chi connectivity index (χ1n) is 6.56. The monoisotopic (exact) mass is 413 g/mol. The molecule has 0 spiro atoms. The van der Waals surface area contributed by atoms with Gasteiger partial charge in [-0.3, -0.25) is 0 Å². The molecule has 5 nitrogen and oxygen atoms in total. The van der Waals surface area contributed by atoms with Crippen LogP contribution in [0.2, 0.25) is 0 Å². The highest BCUT2D eigenvalue weighted by Crippen LogP contribution is 2.18. The SMILES string of the molecule is COc1ccc(NC(N)=NCc2ccccc2OC)cc1.I. The molecule has 0 aliphatic carbocycles. The first-order chi connectivity index (χ1) is 10.2. The molecule has 2 rings (SSSR count). The van der Waals surface area contributed by atoms with Crippen LogP contribution >= 0.6 is 24.0 Å². The van der Waals surface area contributed by atoms with Gasteiger partial charge in [-0.15, -0.1) is 24.0 Å². The van der Waals surface area contributed by atoms with E-state index >= 15 is 0 Å². The number of methoxy groups -OCH3 is 2. The van der Waals surface area contributed by atoms with E-state index in [1.807, 2.05) is 48.5 Å². The molecule has 0 saturated carbocycles. The molecule has 6 heteroatoms. The maximum absolute atomic E-state index is 5.88. The van der Waals surface area contributed by atoms with E-state index in [-0.39, 0.29) is 24.0 Å². The molecule has 0 fully saturated rings. The van der Waals surface area contributed by atoms with Gasteiger partial charge in [0.25, 0.3) is 0 Å². The predicted molar refractivity (Wildman–Crippen MR) is 100 cm³/mol. The molecule has 2 aromatic rings. The van der Waals surface area contributed by atoms with Crippen molar-refractivity contribution >= 4 is 35.6 Å². The number of para-hydroxylation sites is 1. The van der Waals surface area contributed by atoms with Gasteiger partial charge in [-0.2, -0.15) is 0 Å². The number of hydrogen-bond donors (Lipinski definition) is 2. The summed E-state index contributed by atoms with van der Waals surface area (Å²) in [4.78, 5) is 4.31. The van der Waals surface area contributed by atoms with Crippen LogP contribution in [0.25, 0.3) is 0 Å². The van der Waals surface area contributed by atoms with Crippen molar-refractivity contribution in [3.63, 3.8) is 0 Å². The van der Waals surface area contributed by atoms with Crippen molar-refractivity contribution in [2.45, 2.75) is 6.54 Å². The lowest BCUT2D eigenvalue weighted by atomic mass is 10.2. The van der Waals surface area contributed by atoms with Gasteiger partial charge < -0.3 is 20.5 Å². The van der Waals surface area contributed by atoms with Crippen molar-refractivity contribution in [1.29, 1.82) is 0 Å². The maximum Gasteiger partial charge on any atom is 0.193 e. The van der Waals surface area contributed by atoms with Crippen molar-refractivity contribution in [2.75, 3.05) is 19.5 Å². The number of ether oxygens (including phenoxy) is 2. The first-order valence-corrected chi connectivity index (χ1v) is 6.56. The molecule has 0 aliphatic heterocycles. The lowest BCUT2D eigenvalue weighted by molar-refractivity contribution is 0.410. The highest BCUT2D eigenvalue weighted by molar-refractivity contribution is 14.0. The van der Waals surface area contributed by atoms with Crippen molar-refractivity contribution in [1.82, 2.24) is 0 Å². The zero-order chi connectivity index (χ0) is 15.1. The third-order valence-electron chi connectivity index (χ3n) is 2.97. The summed E-state index contributed by atoms with van der Waals surface area (Å²) >= 11 is 0. The molecule has 0 radical (unpaired) electrons. The van der Waals surface area contributed by atoms with Gasteiger partial charge in [0, 0.05) is 11.3 Å². The molecule has 0 saturated heterocycles. The van der Waals surface area contributed by atoms with Crippen LogP contribution < -0.4 is 20.5 Å². The number of hydrogen-bond acceptors (Lipinski definition) is 3. The van der Waals surface area contributed by atoms with Crippen LogP contribution in [-0.4, -0.2) is 20.2 Å². The summed E-state index contributed by atoms with van der Waals surface area (Å²) in [6.07, 6.45) is 0. The van der Waals surface area contributed by atoms with E-state index in [2.05, 4.69) is 10.3 Å². The predicted octanol–water partition coefficient (Wildman–Crippen LogP) is 3.25. The Balaban J connectivity index is 0.00000242. The zero-order valence-corrected chi connectivity index (χ0v) is 14.9. The summed E-state index contributed by atoms with van der Waals surface area (Å²) in [6, 6.07) is 15.2. The minimum atomic E-state index is 0. The Morgan fingerprint density at radius 1 is 1.05 bits per heavy atom. The molecule has 0 amide bonds. The molecule has 0 bridgehead atoms. The molecule has 0 aliphatic rings. The zero-order valence-electron chi connectivity index (χ0n) is 12.6. The van der Waals surface area contributed by atoms with Crippen LogP contribution in [0.5, 0.6) is 11.5 Å². The van der Waals surface area contributed by atoms with Crippen LogP contribution in [0.1, 0.15) is 5.56 Å². The minimum absolute atomic E-state index is 0. The third kappa shape index (κ3) is 5.10. The molecule has 118 valence electrons. The quantitative estimate of drug-likeness (QED) is 0.449. The maximum atomic E-state index is 5.88. The summed E-state index contributed by atoms with van der Waals surface area (Å²) in [6.45, 7) is 0.457. The Morgan fingerprint density at radius 3 is 2.36 bits per heavy atom. The summed E-state index contributed by atoms with van der Waals surface area (Å²) in [5.74, 6) is 1.95. The highest BCUT2D eigenvalue weighted by atomic mass is 127. The summed E-state index contributed by atoms with van der Waals surface area (Å²) in [5.41, 5.74) is 7.73. The Kier molecular flexibility index (Phi) is 7.51. The van der Waals surface area contributed by atoms with Gasteiger partial charge in [0.15, 0.2) is 5.96 Å². The molecule has 2 aromatic carbocycles. The van der Waals surface area contributed by atoms with Gasteiger partial charge in [0.05, 0.1) is 20.8 Å². The molecular formula is C16H20IN3O2. The fourth-order valence-electron chi connectivity index (χ4n) is 1.87. The van der Waals surface area contributed by atoms with Crippen LogP contribution in [0, 0.1) is 0 Å². The number of guanidine groups is 1. The number of nitrogens with one attached hydrogen (secondary N) is 1. The van der Waals surface area contributed by atoms with Crippen LogP contribution in [0.4, 0.5) is 5.69 Å². The second kappa shape index (κ2) is 9.14. The average Bonchev–Trinajstić information content (AvgIpc) is 2.54. The number of halogens is 1. The van der Waals surface area contributed by atoms with Gasteiger partial charge in [-0.25, -0.2) is 4.99 Å². The second-order valence-corrected chi connectivity index (χ2v) is 4.37. The normalized spacial score (nSPS) is 10.5. The summed E-state index contributed by atoms with van der Waals surface area (Å²) in [5, 5.41) is 3.03. The van der Waals surface area contributed by atoms with E-state index in [0.29, 0.717) is 12.5 Å². The molecule has 0 atom stereocenters. The molecule has 22 heavy (non-hydrogen) atoms. The van der Waals surface area contributed by atoms with Gasteiger partial charge in [0.2, 0.25) is 0 Å². The number of benzene rings is 2. The van der Waals surface area contributed by atoms with Crippen molar-refractivity contribution < 1.29 is 9.47 Å². The fourth-order valence-corrected chi connectivity index (χ4v) is 1.87. The fraction of sp³-hybridized carbons (Fsp3) is 0.188. The van der Waals surface area contributed by atoms with Crippen LogP contribution in [0.15, 0.2) is 53.5 Å². The van der Waals surface area contributed by atoms with Gasteiger partial charge in [-0.05, 0) is 30.3 Å². The molecule has 3 N–H and O–H groups in total. The Morgan fingerprint density at radius 2 is 1.73 bits per heavy atom. The van der Waals surface area contributed by atoms with E-state index in [1.165, 1.54) is 0 Å². The topological polar surface area (TPSA) is 68.9 Å². The van der Waals surface area contributed by atoms with E-state index in [0.717, 1.165) is 22.7 Å². The number of rotatable bonds is 5. The largest absolute Gasteiger partial charge is 0.497 e. The number of anilines is 1. The second-order valence-electron chi connectivity index (χ2n) is 4.37. The van der Waals surface area contributed by atoms with Gasteiger partial charge >= 0.3 is 0 Å². The van der Waals surface area contributed by atoms with E-state index in [9.17, 15) is 0 Å². The lowest BCUT2D eigenvalue weighted by Gasteiger charge is -2.08. The molecule has 0 heterocycles.